The molecule has 1 aromatic carbocycles. The molecule has 0 radical (unpaired) electrons. The molecule has 0 amide bonds. The zero-order valence-corrected chi connectivity index (χ0v) is 12.0. The second-order valence-electron chi connectivity index (χ2n) is 5.35. The highest BCUT2D eigenvalue weighted by Crippen LogP contribution is 2.47. The van der Waals surface area contributed by atoms with E-state index in [0.717, 1.165) is 23.8 Å². The lowest BCUT2D eigenvalue weighted by Gasteiger charge is -2.16. The fourth-order valence-electron chi connectivity index (χ4n) is 2.47. The molecule has 3 rings (SSSR count). The molecule has 1 saturated carbocycles. The van der Waals surface area contributed by atoms with E-state index in [-0.39, 0.29) is 0 Å². The molecule has 3 nitrogen and oxygen atoms in total. The summed E-state index contributed by atoms with van der Waals surface area (Å²) in [4.78, 5) is 5.59. The number of nitrogens with zero attached hydrogens (tertiary/aromatic N) is 1. The SMILES string of the molecule is Cc1ncc(CNCC2(c3ccc(N)cc3)CC2)s1. The number of aromatic nitrogens is 1. The number of anilines is 1. The average molecular weight is 273 g/mol. The molecule has 0 spiro atoms. The van der Waals surface area contributed by atoms with E-state index in [0.29, 0.717) is 5.41 Å². The van der Waals surface area contributed by atoms with Crippen LogP contribution in [0.25, 0.3) is 0 Å². The van der Waals surface area contributed by atoms with Crippen molar-refractivity contribution < 1.29 is 0 Å². The van der Waals surface area contributed by atoms with E-state index in [4.69, 9.17) is 5.73 Å². The van der Waals surface area contributed by atoms with Crippen molar-refractivity contribution in [2.45, 2.75) is 31.7 Å². The van der Waals surface area contributed by atoms with Crippen LogP contribution in [0.4, 0.5) is 5.69 Å². The van der Waals surface area contributed by atoms with Gasteiger partial charge in [0, 0.05) is 35.3 Å². The summed E-state index contributed by atoms with van der Waals surface area (Å²) in [5.41, 5.74) is 8.34. The maximum absolute atomic E-state index is 5.75. The van der Waals surface area contributed by atoms with Crippen LogP contribution < -0.4 is 11.1 Å². The molecule has 19 heavy (non-hydrogen) atoms. The summed E-state index contributed by atoms with van der Waals surface area (Å²) in [7, 11) is 0. The number of benzene rings is 1. The van der Waals surface area contributed by atoms with Crippen LogP contribution in [0.5, 0.6) is 0 Å². The van der Waals surface area contributed by atoms with E-state index < -0.39 is 0 Å². The number of thiazole rings is 1. The molecule has 1 heterocycles. The van der Waals surface area contributed by atoms with Crippen LogP contribution in [0.1, 0.15) is 28.3 Å². The molecule has 1 aliphatic rings. The minimum atomic E-state index is 0.341. The molecule has 0 bridgehead atoms. The van der Waals surface area contributed by atoms with Crippen LogP contribution in [-0.4, -0.2) is 11.5 Å². The lowest BCUT2D eigenvalue weighted by molar-refractivity contribution is 0.577. The first-order valence-corrected chi connectivity index (χ1v) is 7.48. The van der Waals surface area contributed by atoms with Gasteiger partial charge in [-0.05, 0) is 37.5 Å². The Hall–Kier alpha value is -1.39. The first-order chi connectivity index (χ1) is 9.18. The highest BCUT2D eigenvalue weighted by atomic mass is 32.1. The van der Waals surface area contributed by atoms with Gasteiger partial charge in [0.2, 0.25) is 0 Å². The molecular weight excluding hydrogens is 254 g/mol. The number of nitrogens with two attached hydrogens (primary N) is 1. The predicted molar refractivity (Wildman–Crippen MR) is 80.3 cm³/mol. The van der Waals surface area contributed by atoms with Gasteiger partial charge in [-0.15, -0.1) is 11.3 Å². The van der Waals surface area contributed by atoms with Crippen molar-refractivity contribution in [3.63, 3.8) is 0 Å². The van der Waals surface area contributed by atoms with Crippen molar-refractivity contribution in [3.05, 3.63) is 45.9 Å². The standard InChI is InChI=1S/C15H19N3S/c1-11-18-9-14(19-11)8-17-10-15(6-7-15)12-2-4-13(16)5-3-12/h2-5,9,17H,6-8,10,16H2,1H3. The number of aryl methyl sites for hydroxylation is 1. The molecule has 3 N–H and O–H groups in total. The van der Waals surface area contributed by atoms with Gasteiger partial charge in [-0.3, -0.25) is 0 Å². The van der Waals surface area contributed by atoms with Crippen LogP contribution in [0.2, 0.25) is 0 Å². The number of nitrogen functional groups attached to an aromatic ring is 1. The van der Waals surface area contributed by atoms with Crippen molar-refractivity contribution in [2.75, 3.05) is 12.3 Å². The summed E-state index contributed by atoms with van der Waals surface area (Å²) in [5.74, 6) is 0. The van der Waals surface area contributed by atoms with E-state index in [9.17, 15) is 0 Å². The third kappa shape index (κ3) is 2.80. The molecule has 100 valence electrons. The fraction of sp³-hybridized carbons (Fsp3) is 0.400. The number of hydrogen-bond acceptors (Lipinski definition) is 4. The van der Waals surface area contributed by atoms with Gasteiger partial charge in [-0.1, -0.05) is 12.1 Å². The zero-order chi connectivity index (χ0) is 13.3. The zero-order valence-electron chi connectivity index (χ0n) is 11.1. The van der Waals surface area contributed by atoms with Crippen molar-refractivity contribution in [3.8, 4) is 0 Å². The van der Waals surface area contributed by atoms with Crippen molar-refractivity contribution in [1.82, 2.24) is 10.3 Å². The summed E-state index contributed by atoms with van der Waals surface area (Å²) < 4.78 is 0. The molecule has 0 aliphatic heterocycles. The van der Waals surface area contributed by atoms with E-state index in [2.05, 4.69) is 22.4 Å². The highest BCUT2D eigenvalue weighted by molar-refractivity contribution is 7.11. The molecule has 1 aliphatic carbocycles. The Kier molecular flexibility index (Phi) is 3.29. The number of rotatable bonds is 5. The fourth-order valence-corrected chi connectivity index (χ4v) is 3.23. The largest absolute Gasteiger partial charge is 0.399 e. The average Bonchev–Trinajstić information content (AvgIpc) is 3.07. The summed E-state index contributed by atoms with van der Waals surface area (Å²) in [5, 5.41) is 4.71. The van der Waals surface area contributed by atoms with Gasteiger partial charge in [-0.2, -0.15) is 0 Å². The van der Waals surface area contributed by atoms with Crippen molar-refractivity contribution >= 4 is 17.0 Å². The molecule has 2 aromatic rings. The monoisotopic (exact) mass is 273 g/mol. The Balaban J connectivity index is 1.59. The second kappa shape index (κ2) is 4.94. The Labute approximate surface area is 117 Å². The van der Waals surface area contributed by atoms with Crippen molar-refractivity contribution in [2.24, 2.45) is 0 Å². The van der Waals surface area contributed by atoms with Crippen LogP contribution in [-0.2, 0) is 12.0 Å². The van der Waals surface area contributed by atoms with Gasteiger partial charge < -0.3 is 11.1 Å². The summed E-state index contributed by atoms with van der Waals surface area (Å²) in [6.45, 7) is 4.00. The molecule has 4 heteroatoms. The molecule has 0 atom stereocenters. The first-order valence-electron chi connectivity index (χ1n) is 6.66. The van der Waals surface area contributed by atoms with E-state index in [1.54, 1.807) is 11.3 Å². The van der Waals surface area contributed by atoms with Crippen molar-refractivity contribution in [1.29, 1.82) is 0 Å². The Morgan fingerprint density at radius 1 is 1.32 bits per heavy atom. The lowest BCUT2D eigenvalue weighted by Crippen LogP contribution is -2.26. The van der Waals surface area contributed by atoms with Gasteiger partial charge in [0.05, 0.1) is 5.01 Å². The Bertz CT molecular complexity index is 555. The minimum absolute atomic E-state index is 0.341. The lowest BCUT2D eigenvalue weighted by atomic mass is 9.96. The third-order valence-corrected chi connectivity index (χ3v) is 4.72. The number of nitrogens with one attached hydrogen (secondary N) is 1. The molecule has 1 aromatic heterocycles. The van der Waals surface area contributed by atoms with E-state index in [1.807, 2.05) is 25.3 Å². The molecular formula is C15H19N3S. The third-order valence-electron chi connectivity index (χ3n) is 3.81. The highest BCUT2D eigenvalue weighted by Gasteiger charge is 2.43. The quantitative estimate of drug-likeness (QED) is 0.824. The smallest absolute Gasteiger partial charge is 0.0897 e. The van der Waals surface area contributed by atoms with Gasteiger partial charge >= 0.3 is 0 Å². The maximum atomic E-state index is 5.75. The Morgan fingerprint density at radius 3 is 2.63 bits per heavy atom. The molecule has 1 fully saturated rings. The van der Waals surface area contributed by atoms with Gasteiger partial charge in [0.15, 0.2) is 0 Å². The Morgan fingerprint density at radius 2 is 2.05 bits per heavy atom. The predicted octanol–water partition coefficient (Wildman–Crippen LogP) is 2.86. The van der Waals surface area contributed by atoms with Crippen LogP contribution in [0, 0.1) is 6.92 Å². The normalized spacial score (nSPS) is 16.5. The maximum Gasteiger partial charge on any atom is 0.0897 e. The minimum Gasteiger partial charge on any atom is -0.399 e. The van der Waals surface area contributed by atoms with E-state index in [1.165, 1.54) is 23.3 Å². The molecule has 0 unspecified atom stereocenters. The van der Waals surface area contributed by atoms with Gasteiger partial charge in [0.25, 0.3) is 0 Å². The topological polar surface area (TPSA) is 50.9 Å². The summed E-state index contributed by atoms with van der Waals surface area (Å²) in [6, 6.07) is 8.34. The van der Waals surface area contributed by atoms with Crippen LogP contribution in [0.15, 0.2) is 30.5 Å². The number of hydrogen-bond donors (Lipinski definition) is 2. The first kappa shape index (κ1) is 12.6. The summed E-state index contributed by atoms with van der Waals surface area (Å²) >= 11 is 1.77. The van der Waals surface area contributed by atoms with Gasteiger partial charge in [0.1, 0.15) is 0 Å². The van der Waals surface area contributed by atoms with E-state index >= 15 is 0 Å². The summed E-state index contributed by atoms with van der Waals surface area (Å²) in [6.07, 6.45) is 4.51. The van der Waals surface area contributed by atoms with Crippen LogP contribution in [0.3, 0.4) is 0 Å². The van der Waals surface area contributed by atoms with Gasteiger partial charge in [-0.25, -0.2) is 4.98 Å². The van der Waals surface area contributed by atoms with Crippen LogP contribution >= 0.6 is 11.3 Å². The second-order valence-corrected chi connectivity index (χ2v) is 6.67. The molecule has 0 saturated heterocycles.